The van der Waals surface area contributed by atoms with E-state index in [1.807, 2.05) is 10.7 Å². The topological polar surface area (TPSA) is 82.5 Å². The highest BCUT2D eigenvalue weighted by atomic mass is 15.3. The number of rotatable bonds is 4. The lowest BCUT2D eigenvalue weighted by atomic mass is 10.1. The van der Waals surface area contributed by atoms with Crippen LogP contribution < -0.4 is 5.73 Å². The van der Waals surface area contributed by atoms with E-state index in [1.165, 1.54) is 0 Å². The van der Waals surface area contributed by atoms with Crippen molar-refractivity contribution >= 4 is 0 Å². The summed E-state index contributed by atoms with van der Waals surface area (Å²) < 4.78 is 1.88. The molecule has 2 aromatic rings. The van der Waals surface area contributed by atoms with Crippen molar-refractivity contribution in [3.8, 4) is 0 Å². The zero-order chi connectivity index (χ0) is 12.3. The molecule has 2 aromatic heterocycles. The molecule has 0 spiro atoms. The fourth-order valence-corrected chi connectivity index (χ4v) is 1.69. The Labute approximate surface area is 99.9 Å². The third kappa shape index (κ3) is 2.65. The first-order valence-corrected chi connectivity index (χ1v) is 5.59. The minimum atomic E-state index is -0.132. The summed E-state index contributed by atoms with van der Waals surface area (Å²) in [5, 5.41) is 11.7. The van der Waals surface area contributed by atoms with Crippen LogP contribution >= 0.6 is 0 Å². The van der Waals surface area contributed by atoms with E-state index in [-0.39, 0.29) is 12.1 Å². The molecule has 2 N–H and O–H groups in total. The van der Waals surface area contributed by atoms with Crippen molar-refractivity contribution in [3.63, 3.8) is 0 Å². The standard InChI is InChI=1S/C11H16N6/c1-8(2)17-11(13-7-16-17)5-10(12)9-3-4-14-15-6-9/h3-4,6-8,10H,5,12H2,1-2H3. The summed E-state index contributed by atoms with van der Waals surface area (Å²) >= 11 is 0. The van der Waals surface area contributed by atoms with Crippen molar-refractivity contribution in [1.82, 2.24) is 25.0 Å². The van der Waals surface area contributed by atoms with E-state index in [9.17, 15) is 0 Å². The second-order valence-electron chi connectivity index (χ2n) is 4.20. The maximum absolute atomic E-state index is 6.11. The molecule has 0 aliphatic heterocycles. The number of nitrogens with two attached hydrogens (primary N) is 1. The Morgan fingerprint density at radius 3 is 2.82 bits per heavy atom. The molecular formula is C11H16N6. The van der Waals surface area contributed by atoms with Gasteiger partial charge in [-0.15, -0.1) is 0 Å². The molecule has 0 bridgehead atoms. The molecule has 6 heteroatoms. The molecule has 0 saturated heterocycles. The quantitative estimate of drug-likeness (QED) is 0.846. The lowest BCUT2D eigenvalue weighted by Crippen LogP contribution is -2.18. The predicted octanol–water partition coefficient (Wildman–Crippen LogP) is 0.891. The van der Waals surface area contributed by atoms with Crippen molar-refractivity contribution in [1.29, 1.82) is 0 Å². The first-order valence-electron chi connectivity index (χ1n) is 5.59. The van der Waals surface area contributed by atoms with Crippen LogP contribution in [0.1, 0.15) is 37.3 Å². The minimum Gasteiger partial charge on any atom is -0.324 e. The van der Waals surface area contributed by atoms with E-state index in [0.29, 0.717) is 6.42 Å². The van der Waals surface area contributed by atoms with Gasteiger partial charge >= 0.3 is 0 Å². The van der Waals surface area contributed by atoms with Crippen molar-refractivity contribution in [2.45, 2.75) is 32.4 Å². The molecular weight excluding hydrogens is 216 g/mol. The van der Waals surface area contributed by atoms with E-state index < -0.39 is 0 Å². The van der Waals surface area contributed by atoms with E-state index in [1.54, 1.807) is 18.7 Å². The average Bonchev–Trinajstić information content (AvgIpc) is 2.78. The number of nitrogens with zero attached hydrogens (tertiary/aromatic N) is 5. The summed E-state index contributed by atoms with van der Waals surface area (Å²) in [6.07, 6.45) is 5.53. The van der Waals surface area contributed by atoms with Crippen molar-refractivity contribution in [3.05, 3.63) is 36.2 Å². The minimum absolute atomic E-state index is 0.132. The molecule has 1 atom stereocenters. The van der Waals surface area contributed by atoms with Crippen molar-refractivity contribution in [2.24, 2.45) is 5.73 Å². The van der Waals surface area contributed by atoms with Crippen LogP contribution in [0.3, 0.4) is 0 Å². The largest absolute Gasteiger partial charge is 0.324 e. The van der Waals surface area contributed by atoms with Crippen LogP contribution in [-0.4, -0.2) is 25.0 Å². The normalized spacial score (nSPS) is 12.9. The first-order chi connectivity index (χ1) is 8.18. The molecule has 0 amide bonds. The van der Waals surface area contributed by atoms with Crippen LogP contribution in [0.5, 0.6) is 0 Å². The van der Waals surface area contributed by atoms with Gasteiger partial charge in [-0.05, 0) is 25.5 Å². The van der Waals surface area contributed by atoms with Crippen LogP contribution in [0.15, 0.2) is 24.8 Å². The highest BCUT2D eigenvalue weighted by molar-refractivity contribution is 5.12. The van der Waals surface area contributed by atoms with Gasteiger partial charge in [-0.3, -0.25) is 0 Å². The van der Waals surface area contributed by atoms with Crippen molar-refractivity contribution < 1.29 is 0 Å². The average molecular weight is 232 g/mol. The zero-order valence-corrected chi connectivity index (χ0v) is 9.98. The highest BCUT2D eigenvalue weighted by Gasteiger charge is 2.13. The van der Waals surface area contributed by atoms with E-state index >= 15 is 0 Å². The third-order valence-electron chi connectivity index (χ3n) is 2.57. The van der Waals surface area contributed by atoms with Gasteiger partial charge in [-0.1, -0.05) is 0 Å². The summed E-state index contributed by atoms with van der Waals surface area (Å²) in [6, 6.07) is 2.02. The maximum atomic E-state index is 6.11. The van der Waals surface area contributed by atoms with Gasteiger partial charge in [0.1, 0.15) is 12.2 Å². The second kappa shape index (κ2) is 5.01. The van der Waals surface area contributed by atoms with Crippen LogP contribution in [0, 0.1) is 0 Å². The van der Waals surface area contributed by atoms with E-state index in [2.05, 4.69) is 34.1 Å². The van der Waals surface area contributed by atoms with Gasteiger partial charge in [0.25, 0.3) is 0 Å². The SMILES string of the molecule is CC(C)n1ncnc1CC(N)c1ccnnc1. The summed E-state index contributed by atoms with van der Waals surface area (Å²) in [6.45, 7) is 4.13. The Hall–Kier alpha value is -1.82. The predicted molar refractivity (Wildman–Crippen MR) is 63.1 cm³/mol. The van der Waals surface area contributed by atoms with Crippen LogP contribution in [0.2, 0.25) is 0 Å². The van der Waals surface area contributed by atoms with Gasteiger partial charge < -0.3 is 5.73 Å². The smallest absolute Gasteiger partial charge is 0.138 e. The number of aromatic nitrogens is 5. The van der Waals surface area contributed by atoms with Crippen LogP contribution in [0.4, 0.5) is 0 Å². The first kappa shape index (κ1) is 11.7. The van der Waals surface area contributed by atoms with Crippen LogP contribution in [0.25, 0.3) is 0 Å². The maximum Gasteiger partial charge on any atom is 0.138 e. The van der Waals surface area contributed by atoms with Crippen molar-refractivity contribution in [2.75, 3.05) is 0 Å². The molecule has 2 heterocycles. The number of hydrogen-bond donors (Lipinski definition) is 1. The summed E-state index contributed by atoms with van der Waals surface area (Å²) in [5.74, 6) is 0.893. The van der Waals surface area contributed by atoms with Gasteiger partial charge in [-0.2, -0.15) is 15.3 Å². The van der Waals surface area contributed by atoms with E-state index in [4.69, 9.17) is 5.73 Å². The molecule has 0 saturated carbocycles. The fraction of sp³-hybridized carbons (Fsp3) is 0.455. The van der Waals surface area contributed by atoms with Crippen LogP contribution in [-0.2, 0) is 6.42 Å². The molecule has 6 nitrogen and oxygen atoms in total. The molecule has 0 fully saturated rings. The molecule has 90 valence electrons. The monoisotopic (exact) mass is 232 g/mol. The number of hydrogen-bond acceptors (Lipinski definition) is 5. The molecule has 0 aliphatic rings. The molecule has 0 aromatic carbocycles. The van der Waals surface area contributed by atoms with Gasteiger partial charge in [0.2, 0.25) is 0 Å². The Morgan fingerprint density at radius 2 is 2.18 bits per heavy atom. The molecule has 1 unspecified atom stereocenters. The van der Waals surface area contributed by atoms with Gasteiger partial charge in [0.15, 0.2) is 0 Å². The summed E-state index contributed by atoms with van der Waals surface area (Å²) in [7, 11) is 0. The summed E-state index contributed by atoms with van der Waals surface area (Å²) in [4.78, 5) is 4.24. The molecule has 0 radical (unpaired) electrons. The van der Waals surface area contributed by atoms with E-state index in [0.717, 1.165) is 11.4 Å². The third-order valence-corrected chi connectivity index (χ3v) is 2.57. The molecule has 17 heavy (non-hydrogen) atoms. The zero-order valence-electron chi connectivity index (χ0n) is 9.98. The lowest BCUT2D eigenvalue weighted by molar-refractivity contribution is 0.493. The highest BCUT2D eigenvalue weighted by Crippen LogP contribution is 2.14. The Morgan fingerprint density at radius 1 is 1.35 bits per heavy atom. The van der Waals surface area contributed by atoms with Gasteiger partial charge in [0, 0.05) is 24.7 Å². The molecule has 0 aliphatic carbocycles. The Kier molecular flexibility index (Phi) is 3.43. The molecule has 2 rings (SSSR count). The van der Waals surface area contributed by atoms with Gasteiger partial charge in [-0.25, -0.2) is 9.67 Å². The fourth-order valence-electron chi connectivity index (χ4n) is 1.69. The Balaban J connectivity index is 2.13. The Bertz CT molecular complexity index is 464. The second-order valence-corrected chi connectivity index (χ2v) is 4.20. The summed E-state index contributed by atoms with van der Waals surface area (Å²) in [5.41, 5.74) is 7.06. The lowest BCUT2D eigenvalue weighted by Gasteiger charge is -2.13. The van der Waals surface area contributed by atoms with Gasteiger partial charge in [0.05, 0.1) is 6.20 Å².